The average Bonchev–Trinajstić information content (AvgIpc) is 2.45. The van der Waals surface area contributed by atoms with Crippen LogP contribution in [0, 0.1) is 0 Å². The van der Waals surface area contributed by atoms with E-state index in [1.165, 1.54) is 28.9 Å². The predicted octanol–water partition coefficient (Wildman–Crippen LogP) is 4.49. The minimum Gasteiger partial charge on any atom is -0.389 e. The van der Waals surface area contributed by atoms with Gasteiger partial charge in [0.2, 0.25) is 0 Å². The van der Waals surface area contributed by atoms with Gasteiger partial charge in [-0.3, -0.25) is 0 Å². The quantitative estimate of drug-likeness (QED) is 0.843. The smallest absolute Gasteiger partial charge is 0.0741 e. The summed E-state index contributed by atoms with van der Waals surface area (Å²) >= 11 is 1.94. The van der Waals surface area contributed by atoms with Crippen molar-refractivity contribution in [3.8, 4) is 0 Å². The fraction of sp³-hybridized carbons (Fsp3) is 0.412. The summed E-state index contributed by atoms with van der Waals surface area (Å²) in [5, 5.41) is 14.9. The maximum atomic E-state index is 10.5. The van der Waals surface area contributed by atoms with Gasteiger partial charge < -0.3 is 5.11 Å². The van der Waals surface area contributed by atoms with Gasteiger partial charge in [-0.2, -0.15) is 0 Å². The van der Waals surface area contributed by atoms with Crippen LogP contribution in [0.3, 0.4) is 0 Å². The second kappa shape index (κ2) is 6.05. The molecule has 3 unspecified atom stereocenters. The van der Waals surface area contributed by atoms with Crippen LogP contribution in [-0.4, -0.2) is 16.0 Å². The largest absolute Gasteiger partial charge is 0.389 e. The first-order chi connectivity index (χ1) is 9.65. The molecule has 1 fully saturated rings. The summed E-state index contributed by atoms with van der Waals surface area (Å²) in [5.41, 5.74) is -0.479. The molecule has 3 atom stereocenters. The van der Waals surface area contributed by atoms with Crippen LogP contribution in [0.5, 0.6) is 0 Å². The summed E-state index contributed by atoms with van der Waals surface area (Å²) in [6, 6.07) is 15.2. The van der Waals surface area contributed by atoms with Gasteiger partial charge in [0, 0.05) is 5.25 Å². The number of hydrogen-bond donors (Lipinski definition) is 1. The van der Waals surface area contributed by atoms with Crippen LogP contribution in [0.1, 0.15) is 32.6 Å². The molecule has 1 saturated carbocycles. The third-order valence-corrected chi connectivity index (χ3v) is 7.77. The zero-order valence-electron chi connectivity index (χ0n) is 11.8. The van der Waals surface area contributed by atoms with Gasteiger partial charge >= 0.3 is 0 Å². The van der Waals surface area contributed by atoms with E-state index in [0.29, 0.717) is 5.25 Å². The van der Waals surface area contributed by atoms with Crippen LogP contribution < -0.4 is 5.30 Å². The van der Waals surface area contributed by atoms with E-state index < -0.39 is 5.60 Å². The number of benzene rings is 2. The molecule has 0 aromatic heterocycles. The van der Waals surface area contributed by atoms with Gasteiger partial charge in [-0.1, -0.05) is 49.2 Å². The van der Waals surface area contributed by atoms with Crippen LogP contribution in [0.25, 0.3) is 10.8 Å². The summed E-state index contributed by atoms with van der Waals surface area (Å²) in [6.45, 7) is 2.01. The van der Waals surface area contributed by atoms with Crippen molar-refractivity contribution in [3.63, 3.8) is 0 Å². The summed E-state index contributed by atoms with van der Waals surface area (Å²) in [7, 11) is 0.722. The van der Waals surface area contributed by atoms with E-state index in [0.717, 1.165) is 20.6 Å². The molecule has 1 aliphatic rings. The Labute approximate surface area is 126 Å². The Morgan fingerprint density at radius 2 is 1.95 bits per heavy atom. The molecular formula is C17H21OPS. The SMILES string of the molecule is CC1(O)CCCCC1SPc1ccc2ccccc2c1. The van der Waals surface area contributed by atoms with Gasteiger partial charge in [0.15, 0.2) is 0 Å². The first-order valence-electron chi connectivity index (χ1n) is 7.28. The van der Waals surface area contributed by atoms with Crippen molar-refractivity contribution in [2.75, 3.05) is 0 Å². The fourth-order valence-corrected chi connectivity index (χ4v) is 6.49. The molecule has 0 spiro atoms. The van der Waals surface area contributed by atoms with Gasteiger partial charge in [-0.25, -0.2) is 0 Å². The second-order valence-electron chi connectivity index (χ2n) is 5.87. The van der Waals surface area contributed by atoms with Crippen molar-refractivity contribution in [2.24, 2.45) is 0 Å². The first kappa shape index (κ1) is 14.4. The molecule has 0 saturated heterocycles. The number of hydrogen-bond acceptors (Lipinski definition) is 2. The lowest BCUT2D eigenvalue weighted by Crippen LogP contribution is -2.39. The van der Waals surface area contributed by atoms with Crippen LogP contribution >= 0.6 is 19.2 Å². The molecule has 0 bridgehead atoms. The van der Waals surface area contributed by atoms with E-state index in [9.17, 15) is 5.11 Å². The van der Waals surface area contributed by atoms with E-state index >= 15 is 0 Å². The highest BCUT2D eigenvalue weighted by atomic mass is 32.7. The highest BCUT2D eigenvalue weighted by molar-refractivity contribution is 8.51. The molecule has 1 aliphatic carbocycles. The van der Waals surface area contributed by atoms with Crippen molar-refractivity contribution in [1.82, 2.24) is 0 Å². The highest BCUT2D eigenvalue weighted by Gasteiger charge is 2.34. The van der Waals surface area contributed by atoms with Gasteiger partial charge in [-0.05, 0) is 49.7 Å². The minimum atomic E-state index is -0.479. The van der Waals surface area contributed by atoms with Crippen molar-refractivity contribution in [1.29, 1.82) is 0 Å². The Balaban J connectivity index is 1.70. The van der Waals surface area contributed by atoms with Crippen molar-refractivity contribution in [2.45, 2.75) is 43.5 Å². The Morgan fingerprint density at radius 1 is 1.15 bits per heavy atom. The zero-order valence-corrected chi connectivity index (χ0v) is 13.6. The van der Waals surface area contributed by atoms with Crippen LogP contribution in [0.15, 0.2) is 42.5 Å². The van der Waals surface area contributed by atoms with E-state index in [4.69, 9.17) is 0 Å². The van der Waals surface area contributed by atoms with Crippen LogP contribution in [-0.2, 0) is 0 Å². The summed E-state index contributed by atoms with van der Waals surface area (Å²) < 4.78 is 0. The molecule has 0 radical (unpaired) electrons. The third-order valence-electron chi connectivity index (χ3n) is 4.16. The van der Waals surface area contributed by atoms with E-state index in [1.54, 1.807) is 0 Å². The number of aliphatic hydroxyl groups is 1. The molecule has 2 aromatic carbocycles. The Morgan fingerprint density at radius 3 is 2.75 bits per heavy atom. The maximum absolute atomic E-state index is 10.5. The van der Waals surface area contributed by atoms with Crippen molar-refractivity contribution >= 4 is 35.2 Å². The molecule has 2 aromatic rings. The highest BCUT2D eigenvalue weighted by Crippen LogP contribution is 2.44. The topological polar surface area (TPSA) is 20.2 Å². The molecule has 0 aliphatic heterocycles. The predicted molar refractivity (Wildman–Crippen MR) is 92.4 cm³/mol. The van der Waals surface area contributed by atoms with Crippen LogP contribution in [0.4, 0.5) is 0 Å². The van der Waals surface area contributed by atoms with Crippen LogP contribution in [0.2, 0.25) is 0 Å². The van der Waals surface area contributed by atoms with Gasteiger partial charge in [0.05, 0.1) is 5.60 Å². The minimum absolute atomic E-state index is 0.390. The van der Waals surface area contributed by atoms with E-state index in [2.05, 4.69) is 42.5 Å². The Kier molecular flexibility index (Phi) is 4.35. The molecule has 0 heterocycles. The first-order valence-corrected chi connectivity index (χ1v) is 9.88. The van der Waals surface area contributed by atoms with Gasteiger partial charge in [-0.15, -0.1) is 11.4 Å². The number of rotatable bonds is 3. The maximum Gasteiger partial charge on any atom is 0.0741 e. The summed E-state index contributed by atoms with van der Waals surface area (Å²) in [5.74, 6) is 0. The molecule has 106 valence electrons. The molecule has 1 nitrogen and oxygen atoms in total. The summed E-state index contributed by atoms with van der Waals surface area (Å²) in [6.07, 6.45) is 4.53. The summed E-state index contributed by atoms with van der Waals surface area (Å²) in [4.78, 5) is 0. The van der Waals surface area contributed by atoms with E-state index in [1.807, 2.05) is 18.3 Å². The normalized spacial score (nSPS) is 27.4. The monoisotopic (exact) mass is 304 g/mol. The Hall–Kier alpha value is -0.560. The van der Waals surface area contributed by atoms with Crippen molar-refractivity contribution < 1.29 is 5.11 Å². The molecule has 20 heavy (non-hydrogen) atoms. The molecule has 3 rings (SSSR count). The van der Waals surface area contributed by atoms with Gasteiger partial charge in [0.25, 0.3) is 0 Å². The molecule has 0 amide bonds. The Bertz CT molecular complexity index is 596. The molecular weight excluding hydrogens is 283 g/mol. The molecule has 3 heteroatoms. The lowest BCUT2D eigenvalue weighted by atomic mass is 9.86. The van der Waals surface area contributed by atoms with Crippen molar-refractivity contribution in [3.05, 3.63) is 42.5 Å². The standard InChI is InChI=1S/C17H21OPS/c1-17(18)11-5-4-8-16(17)20-19-15-10-9-13-6-2-3-7-14(13)12-15/h2-3,6-7,9-10,12,16,18-19H,4-5,8,11H2,1H3. The van der Waals surface area contributed by atoms with Gasteiger partial charge in [0.1, 0.15) is 0 Å². The lowest BCUT2D eigenvalue weighted by molar-refractivity contribution is 0.0296. The third kappa shape index (κ3) is 3.19. The lowest BCUT2D eigenvalue weighted by Gasteiger charge is -2.36. The average molecular weight is 304 g/mol. The van der Waals surface area contributed by atoms with E-state index in [-0.39, 0.29) is 0 Å². The number of fused-ring (bicyclic) bond motifs is 1. The zero-order chi connectivity index (χ0) is 14.0. The molecule has 1 N–H and O–H groups in total. The second-order valence-corrected chi connectivity index (χ2v) is 8.78. The fourth-order valence-electron chi connectivity index (χ4n) is 2.86.